The highest BCUT2D eigenvalue weighted by atomic mass is 32.2. The van der Waals surface area contributed by atoms with Crippen LogP contribution in [-0.4, -0.2) is 48.1 Å². The summed E-state index contributed by atoms with van der Waals surface area (Å²) in [5, 5.41) is 0. The Morgan fingerprint density at radius 1 is 1.25 bits per heavy atom. The Balaban J connectivity index is 1.91. The first-order valence-corrected chi connectivity index (χ1v) is 5.44. The summed E-state index contributed by atoms with van der Waals surface area (Å²) in [7, 11) is 0. The zero-order chi connectivity index (χ0) is 8.65. The van der Waals surface area contributed by atoms with Gasteiger partial charge >= 0.3 is 0 Å². The second-order valence-corrected chi connectivity index (χ2v) is 3.66. The summed E-state index contributed by atoms with van der Waals surface area (Å²) in [5.41, 5.74) is 0. The van der Waals surface area contributed by atoms with Gasteiger partial charge in [0.25, 0.3) is 0 Å². The molecule has 0 aromatic heterocycles. The molecule has 0 aromatic rings. The third kappa shape index (κ3) is 4.30. The minimum Gasteiger partial charge on any atom is -0.379 e. The van der Waals surface area contributed by atoms with Crippen LogP contribution in [0.5, 0.6) is 0 Å². The number of hydrogen-bond acceptors (Lipinski definition) is 4. The normalized spacial score (nSPS) is 19.8. The maximum absolute atomic E-state index is 8.49. The summed E-state index contributed by atoms with van der Waals surface area (Å²) < 4.78 is 13.7. The maximum Gasteiger partial charge on any atom is 0.0594 e. The average molecular weight is 191 g/mol. The molecule has 1 fully saturated rings. The van der Waals surface area contributed by atoms with Gasteiger partial charge in [-0.25, -0.2) is 0 Å². The Morgan fingerprint density at radius 3 is 2.67 bits per heavy atom. The quantitative estimate of drug-likeness (QED) is 0.524. The lowest BCUT2D eigenvalue weighted by molar-refractivity contribution is 0.0374. The number of unbranched alkanes of at least 4 members (excludes halogenated alkanes) is 1. The molecule has 1 rings (SSSR count). The van der Waals surface area contributed by atoms with Crippen LogP contribution in [0.25, 0.3) is 0 Å². The molecule has 0 saturated carbocycles. The average Bonchev–Trinajstić information content (AvgIpc) is 2.14. The van der Waals surface area contributed by atoms with Crippen molar-refractivity contribution in [1.29, 1.82) is 0 Å². The van der Waals surface area contributed by atoms with Crippen molar-refractivity contribution < 1.29 is 9.29 Å². The molecule has 0 atom stereocenters. The van der Waals surface area contributed by atoms with Gasteiger partial charge in [0.05, 0.1) is 13.2 Å². The molecule has 0 bridgehead atoms. The van der Waals surface area contributed by atoms with Crippen LogP contribution < -0.4 is 0 Å². The molecular weight excluding hydrogens is 174 g/mol. The fraction of sp³-hybridized carbons (Fsp3) is 1.00. The van der Waals surface area contributed by atoms with Gasteiger partial charge in [-0.1, -0.05) is 0 Å². The summed E-state index contributed by atoms with van der Waals surface area (Å²) in [4.78, 5) is 2.42. The molecule has 72 valence electrons. The van der Waals surface area contributed by atoms with Gasteiger partial charge in [0.15, 0.2) is 0 Å². The first-order chi connectivity index (χ1) is 5.93. The molecule has 0 unspecified atom stereocenters. The van der Waals surface area contributed by atoms with Gasteiger partial charge in [0, 0.05) is 18.8 Å². The molecule has 0 radical (unpaired) electrons. The second kappa shape index (κ2) is 6.71. The number of ether oxygens (including phenoxy) is 1. The van der Waals surface area contributed by atoms with E-state index in [1.807, 2.05) is 0 Å². The van der Waals surface area contributed by atoms with Gasteiger partial charge in [0.2, 0.25) is 0 Å². The van der Waals surface area contributed by atoms with Crippen molar-refractivity contribution >= 4 is 12.0 Å². The Hall–Kier alpha value is 0.230. The van der Waals surface area contributed by atoms with E-state index in [-0.39, 0.29) is 0 Å². The van der Waals surface area contributed by atoms with Crippen molar-refractivity contribution in [2.45, 2.75) is 12.8 Å². The van der Waals surface area contributed by atoms with Gasteiger partial charge in [-0.3, -0.25) is 4.90 Å². The topological polar surface area (TPSA) is 32.7 Å². The second-order valence-electron chi connectivity index (χ2n) is 2.99. The summed E-state index contributed by atoms with van der Waals surface area (Å²) in [5.74, 6) is 0.865. The van der Waals surface area contributed by atoms with E-state index in [0.29, 0.717) is 0 Å². The zero-order valence-electron chi connectivity index (χ0n) is 7.37. The highest BCUT2D eigenvalue weighted by Gasteiger charge is 2.08. The van der Waals surface area contributed by atoms with Gasteiger partial charge < -0.3 is 9.29 Å². The summed E-state index contributed by atoms with van der Waals surface area (Å²) in [6.45, 7) is 5.08. The SMILES string of the molecule is OSCCCCN1CCOCC1. The van der Waals surface area contributed by atoms with Crippen LogP contribution in [-0.2, 0) is 4.74 Å². The molecule has 1 aliphatic rings. The third-order valence-corrected chi connectivity index (χ3v) is 2.53. The molecule has 3 nitrogen and oxygen atoms in total. The molecule has 0 amide bonds. The van der Waals surface area contributed by atoms with Crippen LogP contribution >= 0.6 is 12.0 Å². The number of hydrogen-bond donors (Lipinski definition) is 1. The van der Waals surface area contributed by atoms with Crippen LogP contribution in [0.3, 0.4) is 0 Å². The Bertz CT molecular complexity index is 107. The van der Waals surface area contributed by atoms with E-state index in [9.17, 15) is 0 Å². The Morgan fingerprint density at radius 2 is 2.00 bits per heavy atom. The van der Waals surface area contributed by atoms with E-state index >= 15 is 0 Å². The number of morpholine rings is 1. The van der Waals surface area contributed by atoms with Crippen LogP contribution in [0.1, 0.15) is 12.8 Å². The van der Waals surface area contributed by atoms with Gasteiger partial charge in [-0.15, -0.1) is 0 Å². The van der Waals surface area contributed by atoms with Crippen molar-refractivity contribution in [1.82, 2.24) is 4.90 Å². The van der Waals surface area contributed by atoms with Crippen LogP contribution in [0.15, 0.2) is 0 Å². The van der Waals surface area contributed by atoms with Crippen molar-refractivity contribution in [2.24, 2.45) is 0 Å². The molecule has 1 saturated heterocycles. The van der Waals surface area contributed by atoms with Crippen molar-refractivity contribution in [3.63, 3.8) is 0 Å². The molecule has 4 heteroatoms. The minimum atomic E-state index is 0.865. The van der Waals surface area contributed by atoms with E-state index < -0.39 is 0 Å². The largest absolute Gasteiger partial charge is 0.379 e. The van der Waals surface area contributed by atoms with Crippen molar-refractivity contribution in [2.75, 3.05) is 38.6 Å². The molecule has 1 aliphatic heterocycles. The zero-order valence-corrected chi connectivity index (χ0v) is 8.18. The highest BCUT2D eigenvalue weighted by molar-refractivity contribution is 7.93. The molecular formula is C8H17NO2S. The monoisotopic (exact) mass is 191 g/mol. The lowest BCUT2D eigenvalue weighted by Gasteiger charge is -2.26. The summed E-state index contributed by atoms with van der Waals surface area (Å²) in [6, 6.07) is 0. The van der Waals surface area contributed by atoms with E-state index in [1.165, 1.54) is 6.42 Å². The number of nitrogens with zero attached hydrogens (tertiary/aromatic N) is 1. The lowest BCUT2D eigenvalue weighted by Crippen LogP contribution is -2.36. The fourth-order valence-corrected chi connectivity index (χ4v) is 1.66. The Labute approximate surface area is 78.3 Å². The molecule has 1 N–H and O–H groups in total. The molecule has 12 heavy (non-hydrogen) atoms. The first-order valence-electron chi connectivity index (χ1n) is 4.50. The van der Waals surface area contributed by atoms with E-state index in [0.717, 1.165) is 57.1 Å². The van der Waals surface area contributed by atoms with Gasteiger partial charge in [0.1, 0.15) is 0 Å². The highest BCUT2D eigenvalue weighted by Crippen LogP contribution is 2.02. The van der Waals surface area contributed by atoms with Crippen LogP contribution in [0, 0.1) is 0 Å². The van der Waals surface area contributed by atoms with Crippen LogP contribution in [0.4, 0.5) is 0 Å². The van der Waals surface area contributed by atoms with Crippen molar-refractivity contribution in [3.05, 3.63) is 0 Å². The minimum absolute atomic E-state index is 0.865. The summed E-state index contributed by atoms with van der Waals surface area (Å²) in [6.07, 6.45) is 2.30. The summed E-state index contributed by atoms with van der Waals surface area (Å²) >= 11 is 0.945. The molecule has 0 aliphatic carbocycles. The molecule has 1 heterocycles. The van der Waals surface area contributed by atoms with E-state index in [1.54, 1.807) is 0 Å². The van der Waals surface area contributed by atoms with Crippen LogP contribution in [0.2, 0.25) is 0 Å². The number of rotatable bonds is 5. The molecule has 0 aromatic carbocycles. The van der Waals surface area contributed by atoms with Gasteiger partial charge in [-0.05, 0) is 31.4 Å². The predicted molar refractivity (Wildman–Crippen MR) is 51.6 cm³/mol. The third-order valence-electron chi connectivity index (χ3n) is 2.06. The molecule has 0 spiro atoms. The fourth-order valence-electron chi connectivity index (χ4n) is 1.33. The Kier molecular flexibility index (Phi) is 5.77. The van der Waals surface area contributed by atoms with E-state index in [2.05, 4.69) is 4.90 Å². The predicted octanol–water partition coefficient (Wildman–Crippen LogP) is 1.30. The van der Waals surface area contributed by atoms with Gasteiger partial charge in [-0.2, -0.15) is 0 Å². The van der Waals surface area contributed by atoms with E-state index in [4.69, 9.17) is 9.29 Å². The maximum atomic E-state index is 8.49. The standard InChI is InChI=1S/C8H17NO2S/c10-12-8-2-1-3-9-4-6-11-7-5-9/h10H,1-8H2. The van der Waals surface area contributed by atoms with Crippen molar-refractivity contribution in [3.8, 4) is 0 Å². The first kappa shape index (κ1) is 10.3. The lowest BCUT2D eigenvalue weighted by atomic mass is 10.3. The smallest absolute Gasteiger partial charge is 0.0594 e.